The van der Waals surface area contributed by atoms with Crippen LogP contribution in [0.3, 0.4) is 0 Å². The van der Waals surface area contributed by atoms with Crippen LogP contribution >= 0.6 is 0 Å². The monoisotopic (exact) mass is 262 g/mol. The number of nitrogen functional groups attached to an aromatic ring is 1. The first-order chi connectivity index (χ1) is 9.15. The number of piperidine rings is 1. The van der Waals surface area contributed by atoms with E-state index >= 15 is 0 Å². The third kappa shape index (κ3) is 3.00. The van der Waals surface area contributed by atoms with Crippen LogP contribution in [-0.2, 0) is 0 Å². The largest absolute Gasteiger partial charge is 0.497 e. The Hall–Kier alpha value is -1.71. The molecule has 4 heteroatoms. The van der Waals surface area contributed by atoms with Crippen LogP contribution in [0.25, 0.3) is 0 Å². The lowest BCUT2D eigenvalue weighted by molar-refractivity contribution is 0.0672. The van der Waals surface area contributed by atoms with Crippen molar-refractivity contribution in [2.24, 2.45) is 5.92 Å². The topological polar surface area (TPSA) is 55.6 Å². The van der Waals surface area contributed by atoms with Crippen LogP contribution in [0, 0.1) is 5.92 Å². The van der Waals surface area contributed by atoms with E-state index in [9.17, 15) is 4.79 Å². The normalized spacial score (nSPS) is 19.3. The van der Waals surface area contributed by atoms with Crippen molar-refractivity contribution in [1.82, 2.24) is 4.90 Å². The van der Waals surface area contributed by atoms with Crippen LogP contribution in [0.4, 0.5) is 5.69 Å². The number of carbonyl (C=O) groups is 1. The van der Waals surface area contributed by atoms with Crippen LogP contribution in [0.5, 0.6) is 5.75 Å². The van der Waals surface area contributed by atoms with Crippen LogP contribution < -0.4 is 10.5 Å². The fourth-order valence-electron chi connectivity index (χ4n) is 2.62. The van der Waals surface area contributed by atoms with E-state index in [0.717, 1.165) is 25.9 Å². The molecule has 0 spiro atoms. The number of rotatable bonds is 3. The Morgan fingerprint density at radius 1 is 1.53 bits per heavy atom. The molecular formula is C15H22N2O2. The number of anilines is 1. The second-order valence-electron chi connectivity index (χ2n) is 5.12. The molecular weight excluding hydrogens is 240 g/mol. The van der Waals surface area contributed by atoms with E-state index in [1.54, 1.807) is 25.3 Å². The molecule has 1 amide bonds. The zero-order chi connectivity index (χ0) is 13.8. The molecule has 0 aromatic heterocycles. The van der Waals surface area contributed by atoms with Gasteiger partial charge in [-0.25, -0.2) is 0 Å². The van der Waals surface area contributed by atoms with Gasteiger partial charge in [0.2, 0.25) is 0 Å². The Balaban J connectivity index is 2.15. The van der Waals surface area contributed by atoms with Crippen molar-refractivity contribution in [2.45, 2.75) is 26.2 Å². The van der Waals surface area contributed by atoms with Crippen molar-refractivity contribution in [3.63, 3.8) is 0 Å². The zero-order valence-corrected chi connectivity index (χ0v) is 11.7. The van der Waals surface area contributed by atoms with Crippen LogP contribution in [0.2, 0.25) is 0 Å². The summed E-state index contributed by atoms with van der Waals surface area (Å²) in [7, 11) is 1.59. The predicted molar refractivity (Wildman–Crippen MR) is 76.3 cm³/mol. The number of nitrogens with zero attached hydrogens (tertiary/aromatic N) is 1. The molecule has 1 aromatic rings. The molecule has 1 aromatic carbocycles. The zero-order valence-electron chi connectivity index (χ0n) is 11.7. The number of hydrogen-bond donors (Lipinski definition) is 1. The lowest BCUT2D eigenvalue weighted by Crippen LogP contribution is -2.40. The lowest BCUT2D eigenvalue weighted by Gasteiger charge is -2.32. The molecule has 104 valence electrons. The minimum absolute atomic E-state index is 0.0401. The first-order valence-corrected chi connectivity index (χ1v) is 6.88. The first kappa shape index (κ1) is 13.7. The Kier molecular flexibility index (Phi) is 4.30. The molecule has 2 N–H and O–H groups in total. The maximum absolute atomic E-state index is 12.5. The van der Waals surface area contributed by atoms with Crippen molar-refractivity contribution in [1.29, 1.82) is 0 Å². The number of hydrogen-bond acceptors (Lipinski definition) is 3. The molecule has 0 bridgehead atoms. The van der Waals surface area contributed by atoms with Gasteiger partial charge in [-0.15, -0.1) is 0 Å². The van der Waals surface area contributed by atoms with Crippen molar-refractivity contribution in [3.8, 4) is 5.75 Å². The van der Waals surface area contributed by atoms with Gasteiger partial charge in [0.25, 0.3) is 5.91 Å². The molecule has 4 nitrogen and oxygen atoms in total. The van der Waals surface area contributed by atoms with E-state index in [1.807, 2.05) is 4.90 Å². The Morgan fingerprint density at radius 2 is 2.32 bits per heavy atom. The summed E-state index contributed by atoms with van der Waals surface area (Å²) in [6, 6.07) is 5.24. The Labute approximate surface area is 114 Å². The Bertz CT molecular complexity index is 459. The smallest absolute Gasteiger partial charge is 0.255 e. The summed E-state index contributed by atoms with van der Waals surface area (Å²) in [5.41, 5.74) is 7.01. The average molecular weight is 262 g/mol. The fraction of sp³-hybridized carbons (Fsp3) is 0.533. The molecule has 0 saturated carbocycles. The van der Waals surface area contributed by atoms with Crippen molar-refractivity contribution in [3.05, 3.63) is 23.8 Å². The van der Waals surface area contributed by atoms with E-state index < -0.39 is 0 Å². The van der Waals surface area contributed by atoms with Crippen molar-refractivity contribution < 1.29 is 9.53 Å². The van der Waals surface area contributed by atoms with Gasteiger partial charge in [0.05, 0.1) is 12.7 Å². The number of benzene rings is 1. The van der Waals surface area contributed by atoms with Gasteiger partial charge in [-0.2, -0.15) is 0 Å². The van der Waals surface area contributed by atoms with Gasteiger partial charge in [-0.05, 0) is 30.9 Å². The first-order valence-electron chi connectivity index (χ1n) is 6.88. The lowest BCUT2D eigenvalue weighted by atomic mass is 9.95. The number of nitrogens with two attached hydrogens (primary N) is 1. The second-order valence-corrected chi connectivity index (χ2v) is 5.12. The van der Waals surface area contributed by atoms with E-state index in [0.29, 0.717) is 22.9 Å². The molecule has 1 saturated heterocycles. The number of methoxy groups -OCH3 is 1. The van der Waals surface area contributed by atoms with Crippen LogP contribution in [-0.4, -0.2) is 31.0 Å². The summed E-state index contributed by atoms with van der Waals surface area (Å²) in [4.78, 5) is 14.4. The molecule has 1 heterocycles. The maximum Gasteiger partial charge on any atom is 0.255 e. The molecule has 0 aliphatic carbocycles. The van der Waals surface area contributed by atoms with Crippen molar-refractivity contribution >= 4 is 11.6 Å². The molecule has 1 fully saturated rings. The van der Waals surface area contributed by atoms with Gasteiger partial charge < -0.3 is 15.4 Å². The SMILES string of the molecule is CCC1CCCN(C(=O)c2ccc(OC)cc2N)C1. The number of likely N-dealkylation sites (tertiary alicyclic amines) is 1. The highest BCUT2D eigenvalue weighted by Gasteiger charge is 2.24. The van der Waals surface area contributed by atoms with Gasteiger partial charge in [0, 0.05) is 24.8 Å². The molecule has 1 aliphatic rings. The van der Waals surface area contributed by atoms with E-state index in [2.05, 4.69) is 6.92 Å². The number of amides is 1. The quantitative estimate of drug-likeness (QED) is 0.852. The van der Waals surface area contributed by atoms with Crippen LogP contribution in [0.15, 0.2) is 18.2 Å². The molecule has 1 unspecified atom stereocenters. The standard InChI is InChI=1S/C15H22N2O2/c1-3-11-5-4-8-17(10-11)15(18)13-7-6-12(19-2)9-14(13)16/h6-7,9,11H,3-5,8,10,16H2,1-2H3. The molecule has 1 atom stereocenters. The third-order valence-corrected chi connectivity index (χ3v) is 3.87. The number of carbonyl (C=O) groups excluding carboxylic acids is 1. The van der Waals surface area contributed by atoms with Gasteiger partial charge in [-0.1, -0.05) is 13.3 Å². The van der Waals surface area contributed by atoms with Gasteiger partial charge in [0.1, 0.15) is 5.75 Å². The summed E-state index contributed by atoms with van der Waals surface area (Å²) in [6.45, 7) is 3.86. The van der Waals surface area contributed by atoms with Crippen LogP contribution in [0.1, 0.15) is 36.5 Å². The number of ether oxygens (including phenoxy) is 1. The van der Waals surface area contributed by atoms with E-state index in [1.165, 1.54) is 6.42 Å². The van der Waals surface area contributed by atoms with Crippen molar-refractivity contribution in [2.75, 3.05) is 25.9 Å². The minimum Gasteiger partial charge on any atom is -0.497 e. The summed E-state index contributed by atoms with van der Waals surface area (Å²) >= 11 is 0. The summed E-state index contributed by atoms with van der Waals surface area (Å²) in [5.74, 6) is 1.34. The highest BCUT2D eigenvalue weighted by atomic mass is 16.5. The fourth-order valence-corrected chi connectivity index (χ4v) is 2.62. The molecule has 19 heavy (non-hydrogen) atoms. The molecule has 1 aliphatic heterocycles. The summed E-state index contributed by atoms with van der Waals surface area (Å²) in [5, 5.41) is 0. The van der Waals surface area contributed by atoms with Gasteiger partial charge in [-0.3, -0.25) is 4.79 Å². The van der Waals surface area contributed by atoms with Gasteiger partial charge >= 0.3 is 0 Å². The van der Waals surface area contributed by atoms with E-state index in [4.69, 9.17) is 10.5 Å². The highest BCUT2D eigenvalue weighted by Crippen LogP contribution is 2.24. The molecule has 2 rings (SSSR count). The van der Waals surface area contributed by atoms with Gasteiger partial charge in [0.15, 0.2) is 0 Å². The predicted octanol–water partition coefficient (Wildman–Crippen LogP) is 2.54. The maximum atomic E-state index is 12.5. The summed E-state index contributed by atoms with van der Waals surface area (Å²) < 4.78 is 5.10. The summed E-state index contributed by atoms with van der Waals surface area (Å²) in [6.07, 6.45) is 3.43. The van der Waals surface area contributed by atoms with E-state index in [-0.39, 0.29) is 5.91 Å². The second kappa shape index (κ2) is 5.95. The average Bonchev–Trinajstić information content (AvgIpc) is 2.46. The third-order valence-electron chi connectivity index (χ3n) is 3.87. The highest BCUT2D eigenvalue weighted by molar-refractivity contribution is 5.99. The minimum atomic E-state index is 0.0401. The Morgan fingerprint density at radius 3 is 2.95 bits per heavy atom. The molecule has 0 radical (unpaired) electrons.